The number of carboxylic acids is 1. The number of nitrogen functional groups attached to an aromatic ring is 1. The first-order valence-electron chi connectivity index (χ1n) is 5.36. The number of hydrogen-bond donors (Lipinski definition) is 2. The maximum Gasteiger partial charge on any atom is 0.308 e. The van der Waals surface area contributed by atoms with E-state index in [0.717, 1.165) is 25.2 Å². The monoisotopic (exact) mass is 221 g/mol. The number of anilines is 2. The van der Waals surface area contributed by atoms with Crippen LogP contribution in [0.5, 0.6) is 0 Å². The lowest BCUT2D eigenvalue weighted by atomic mass is 9.98. The lowest BCUT2D eigenvalue weighted by Gasteiger charge is -2.31. The summed E-state index contributed by atoms with van der Waals surface area (Å²) >= 11 is 0. The van der Waals surface area contributed by atoms with Gasteiger partial charge in [-0.3, -0.25) is 4.79 Å². The van der Waals surface area contributed by atoms with E-state index in [2.05, 4.69) is 4.98 Å². The van der Waals surface area contributed by atoms with Crippen molar-refractivity contribution < 1.29 is 9.90 Å². The summed E-state index contributed by atoms with van der Waals surface area (Å²) in [5, 5.41) is 8.99. The second-order valence-corrected chi connectivity index (χ2v) is 4.07. The number of carboxylic acid groups (broad SMARTS) is 1. The Hall–Kier alpha value is -1.78. The number of piperidine rings is 1. The number of aromatic nitrogens is 1. The van der Waals surface area contributed by atoms with Gasteiger partial charge in [-0.15, -0.1) is 0 Å². The number of rotatable bonds is 2. The third-order valence-electron chi connectivity index (χ3n) is 2.86. The van der Waals surface area contributed by atoms with Crippen molar-refractivity contribution in [3.63, 3.8) is 0 Å². The van der Waals surface area contributed by atoms with E-state index in [1.54, 1.807) is 18.3 Å². The highest BCUT2D eigenvalue weighted by atomic mass is 16.4. The zero-order valence-electron chi connectivity index (χ0n) is 8.97. The van der Waals surface area contributed by atoms with Gasteiger partial charge in [-0.05, 0) is 18.9 Å². The van der Waals surface area contributed by atoms with Gasteiger partial charge in [-0.25, -0.2) is 4.98 Å². The fourth-order valence-corrected chi connectivity index (χ4v) is 1.99. The van der Waals surface area contributed by atoms with Crippen molar-refractivity contribution in [2.75, 3.05) is 23.7 Å². The summed E-state index contributed by atoms with van der Waals surface area (Å²) in [6.07, 6.45) is 3.27. The molecule has 2 rings (SSSR count). The Morgan fingerprint density at radius 2 is 2.44 bits per heavy atom. The largest absolute Gasteiger partial charge is 0.481 e. The van der Waals surface area contributed by atoms with Crippen LogP contribution in [0.15, 0.2) is 18.3 Å². The summed E-state index contributed by atoms with van der Waals surface area (Å²) in [4.78, 5) is 17.1. The van der Waals surface area contributed by atoms with Crippen LogP contribution in [0.1, 0.15) is 12.8 Å². The smallest absolute Gasteiger partial charge is 0.308 e. The molecule has 0 spiro atoms. The molecular formula is C11H15N3O2. The van der Waals surface area contributed by atoms with Crippen LogP contribution in [0.3, 0.4) is 0 Å². The molecule has 16 heavy (non-hydrogen) atoms. The van der Waals surface area contributed by atoms with Crippen LogP contribution in [0, 0.1) is 5.92 Å². The Bertz CT molecular complexity index is 395. The van der Waals surface area contributed by atoms with Gasteiger partial charge >= 0.3 is 5.97 Å². The molecule has 1 aliphatic rings. The average Bonchev–Trinajstić information content (AvgIpc) is 2.29. The summed E-state index contributed by atoms with van der Waals surface area (Å²) in [5.74, 6) is -0.253. The molecular weight excluding hydrogens is 206 g/mol. The second-order valence-electron chi connectivity index (χ2n) is 4.07. The number of nitrogens with zero attached hydrogens (tertiary/aromatic N) is 2. The molecule has 0 aliphatic carbocycles. The van der Waals surface area contributed by atoms with E-state index in [1.807, 2.05) is 4.90 Å². The summed E-state index contributed by atoms with van der Waals surface area (Å²) in [7, 11) is 0. The standard InChI is InChI=1S/C11H15N3O2/c12-9-3-4-13-10(6-9)14-5-1-2-8(7-14)11(15)16/h3-4,6,8H,1-2,5,7H2,(H2,12,13)(H,15,16)/t8-/m0/s1. The predicted molar refractivity (Wildman–Crippen MR) is 61.2 cm³/mol. The molecule has 1 aromatic heterocycles. The minimum absolute atomic E-state index is 0.294. The molecule has 0 radical (unpaired) electrons. The maximum atomic E-state index is 10.9. The van der Waals surface area contributed by atoms with Crippen molar-refractivity contribution in [1.82, 2.24) is 4.98 Å². The van der Waals surface area contributed by atoms with Crippen molar-refractivity contribution in [3.8, 4) is 0 Å². The highest BCUT2D eigenvalue weighted by Gasteiger charge is 2.25. The molecule has 3 N–H and O–H groups in total. The Morgan fingerprint density at radius 1 is 1.62 bits per heavy atom. The highest BCUT2D eigenvalue weighted by Crippen LogP contribution is 2.22. The van der Waals surface area contributed by atoms with Gasteiger partial charge in [0.2, 0.25) is 0 Å². The molecule has 5 heteroatoms. The topological polar surface area (TPSA) is 79.5 Å². The van der Waals surface area contributed by atoms with Crippen LogP contribution in [-0.4, -0.2) is 29.1 Å². The Morgan fingerprint density at radius 3 is 3.12 bits per heavy atom. The molecule has 86 valence electrons. The molecule has 0 amide bonds. The van der Waals surface area contributed by atoms with Crippen molar-refractivity contribution in [1.29, 1.82) is 0 Å². The third kappa shape index (κ3) is 2.24. The van der Waals surface area contributed by atoms with Crippen LogP contribution < -0.4 is 10.6 Å². The molecule has 0 bridgehead atoms. The summed E-state index contributed by atoms with van der Waals surface area (Å²) < 4.78 is 0. The maximum absolute atomic E-state index is 10.9. The quantitative estimate of drug-likeness (QED) is 0.777. The first kappa shape index (κ1) is 10.7. The zero-order valence-corrected chi connectivity index (χ0v) is 8.97. The molecule has 0 saturated carbocycles. The fourth-order valence-electron chi connectivity index (χ4n) is 1.99. The number of hydrogen-bond acceptors (Lipinski definition) is 4. The Labute approximate surface area is 93.9 Å². The predicted octanol–water partition coefficient (Wildman–Crippen LogP) is 0.965. The first-order valence-corrected chi connectivity index (χ1v) is 5.36. The van der Waals surface area contributed by atoms with Crippen molar-refractivity contribution in [3.05, 3.63) is 18.3 Å². The molecule has 2 heterocycles. The Kier molecular flexibility index (Phi) is 2.94. The van der Waals surface area contributed by atoms with Crippen molar-refractivity contribution in [2.24, 2.45) is 5.92 Å². The van der Waals surface area contributed by atoms with Crippen molar-refractivity contribution in [2.45, 2.75) is 12.8 Å². The van der Waals surface area contributed by atoms with E-state index in [0.29, 0.717) is 12.2 Å². The molecule has 1 saturated heterocycles. The van der Waals surface area contributed by atoms with Gasteiger partial charge in [-0.1, -0.05) is 0 Å². The van der Waals surface area contributed by atoms with Gasteiger partial charge in [0.05, 0.1) is 5.92 Å². The van der Waals surface area contributed by atoms with Crippen LogP contribution in [0.25, 0.3) is 0 Å². The van der Waals surface area contributed by atoms with Crippen LogP contribution in [-0.2, 0) is 4.79 Å². The fraction of sp³-hybridized carbons (Fsp3) is 0.455. The van der Waals surface area contributed by atoms with Gasteiger partial charge in [0.15, 0.2) is 0 Å². The van der Waals surface area contributed by atoms with E-state index in [9.17, 15) is 4.79 Å². The minimum Gasteiger partial charge on any atom is -0.481 e. The van der Waals surface area contributed by atoms with Gasteiger partial charge in [0.25, 0.3) is 0 Å². The first-order chi connectivity index (χ1) is 7.66. The third-order valence-corrected chi connectivity index (χ3v) is 2.86. The normalized spacial score (nSPS) is 20.8. The van der Waals surface area contributed by atoms with E-state index in [-0.39, 0.29) is 5.92 Å². The van der Waals surface area contributed by atoms with E-state index in [4.69, 9.17) is 10.8 Å². The lowest BCUT2D eigenvalue weighted by molar-refractivity contribution is -0.141. The van der Waals surface area contributed by atoms with Gasteiger partial charge in [0, 0.05) is 31.0 Å². The number of aliphatic carboxylic acids is 1. The zero-order chi connectivity index (χ0) is 11.5. The summed E-state index contributed by atoms with van der Waals surface area (Å²) in [6.45, 7) is 1.37. The summed E-state index contributed by atoms with van der Waals surface area (Å²) in [5.41, 5.74) is 6.33. The van der Waals surface area contributed by atoms with Crippen LogP contribution in [0.4, 0.5) is 11.5 Å². The highest BCUT2D eigenvalue weighted by molar-refractivity contribution is 5.71. The minimum atomic E-state index is -0.728. The lowest BCUT2D eigenvalue weighted by Crippen LogP contribution is -2.39. The van der Waals surface area contributed by atoms with Crippen LogP contribution >= 0.6 is 0 Å². The molecule has 0 unspecified atom stereocenters. The number of carbonyl (C=O) groups is 1. The van der Waals surface area contributed by atoms with E-state index < -0.39 is 5.97 Å². The van der Waals surface area contributed by atoms with Crippen LogP contribution in [0.2, 0.25) is 0 Å². The summed E-state index contributed by atoms with van der Waals surface area (Å²) in [6, 6.07) is 3.51. The molecule has 1 aromatic rings. The molecule has 1 aliphatic heterocycles. The van der Waals surface area contributed by atoms with Gasteiger partial charge in [0.1, 0.15) is 5.82 Å². The van der Waals surface area contributed by atoms with E-state index in [1.165, 1.54) is 0 Å². The SMILES string of the molecule is Nc1ccnc(N2CCC[C@H](C(=O)O)C2)c1. The average molecular weight is 221 g/mol. The Balaban J connectivity index is 2.12. The van der Waals surface area contributed by atoms with Gasteiger partial charge < -0.3 is 15.7 Å². The van der Waals surface area contributed by atoms with Gasteiger partial charge in [-0.2, -0.15) is 0 Å². The van der Waals surface area contributed by atoms with E-state index >= 15 is 0 Å². The second kappa shape index (κ2) is 4.38. The molecule has 0 aromatic carbocycles. The molecule has 5 nitrogen and oxygen atoms in total. The van der Waals surface area contributed by atoms with Crippen molar-refractivity contribution >= 4 is 17.5 Å². The molecule has 1 atom stereocenters. The number of pyridine rings is 1. The number of nitrogens with two attached hydrogens (primary N) is 1. The molecule has 1 fully saturated rings.